The summed E-state index contributed by atoms with van der Waals surface area (Å²) in [5.41, 5.74) is 4.34. The van der Waals surface area contributed by atoms with Crippen LogP contribution in [0.2, 0.25) is 0 Å². The summed E-state index contributed by atoms with van der Waals surface area (Å²) in [6, 6.07) is 14.7. The van der Waals surface area contributed by atoms with Crippen LogP contribution in [0.25, 0.3) is 11.1 Å². The number of fused-ring (bicyclic) bond motifs is 3. The number of aliphatic carboxylic acids is 1. The molecule has 3 atom stereocenters. The van der Waals surface area contributed by atoms with Gasteiger partial charge in [-0.2, -0.15) is 0 Å². The van der Waals surface area contributed by atoms with Gasteiger partial charge in [-0.05, 0) is 53.4 Å². The molecule has 0 heterocycles. The molecule has 2 aromatic rings. The average molecular weight is 481 g/mol. The summed E-state index contributed by atoms with van der Waals surface area (Å²) in [7, 11) is 0. The largest absolute Gasteiger partial charge is 0.481 e. The summed E-state index contributed by atoms with van der Waals surface area (Å²) >= 11 is 0. The van der Waals surface area contributed by atoms with Gasteiger partial charge in [-0.15, -0.1) is 0 Å². The summed E-state index contributed by atoms with van der Waals surface area (Å²) in [6.45, 7) is 0.596. The summed E-state index contributed by atoms with van der Waals surface area (Å²) < 4.78 is 5.47. The predicted molar refractivity (Wildman–Crippen MR) is 130 cm³/mol. The van der Waals surface area contributed by atoms with Crippen LogP contribution in [0, 0.1) is 11.8 Å². The van der Waals surface area contributed by atoms with Gasteiger partial charge in [0.15, 0.2) is 0 Å². The number of amides is 2. The first kappa shape index (κ1) is 24.7. The summed E-state index contributed by atoms with van der Waals surface area (Å²) in [6.07, 6.45) is 2.36. The Bertz CT molecular complexity index is 1030. The molecule has 2 aromatic carbocycles. The number of ether oxygens (including phenoxy) is 1. The van der Waals surface area contributed by atoms with Crippen molar-refractivity contribution in [2.45, 2.75) is 44.1 Å². The minimum atomic E-state index is -1.24. The number of rotatable bonds is 9. The maximum Gasteiger partial charge on any atom is 0.407 e. The molecule has 2 aliphatic carbocycles. The van der Waals surface area contributed by atoms with Gasteiger partial charge in [0.2, 0.25) is 5.91 Å². The molecule has 2 aliphatic rings. The molecule has 35 heavy (non-hydrogen) atoms. The average Bonchev–Trinajstić information content (AvgIpc) is 3.19. The van der Waals surface area contributed by atoms with Gasteiger partial charge in [0.25, 0.3) is 0 Å². The van der Waals surface area contributed by atoms with Crippen LogP contribution in [-0.4, -0.2) is 54.0 Å². The van der Waals surface area contributed by atoms with E-state index in [0.29, 0.717) is 6.54 Å². The minimum Gasteiger partial charge on any atom is -0.481 e. The molecule has 0 saturated heterocycles. The lowest BCUT2D eigenvalue weighted by molar-refractivity contribution is -0.139. The number of carboxylic acids is 1. The number of aliphatic hydroxyl groups excluding tert-OH is 1. The second-order valence-corrected chi connectivity index (χ2v) is 9.45. The molecule has 4 N–H and O–H groups in total. The maximum atomic E-state index is 12.7. The zero-order chi connectivity index (χ0) is 24.8. The van der Waals surface area contributed by atoms with Gasteiger partial charge >= 0.3 is 12.1 Å². The molecule has 3 unspecified atom stereocenters. The zero-order valence-corrected chi connectivity index (χ0v) is 19.6. The van der Waals surface area contributed by atoms with E-state index < -0.39 is 30.4 Å². The third kappa shape index (κ3) is 6.00. The molecule has 2 amide bonds. The highest BCUT2D eigenvalue weighted by Gasteiger charge is 2.30. The Hall–Kier alpha value is -3.39. The lowest BCUT2D eigenvalue weighted by Gasteiger charge is -2.28. The van der Waals surface area contributed by atoms with Gasteiger partial charge in [-0.25, -0.2) is 4.79 Å². The van der Waals surface area contributed by atoms with Crippen LogP contribution in [0.15, 0.2) is 48.5 Å². The van der Waals surface area contributed by atoms with Crippen molar-refractivity contribution in [1.82, 2.24) is 10.6 Å². The molecule has 0 aliphatic heterocycles. The second kappa shape index (κ2) is 11.4. The van der Waals surface area contributed by atoms with Gasteiger partial charge in [0.05, 0.1) is 6.42 Å². The van der Waals surface area contributed by atoms with Crippen molar-refractivity contribution in [3.8, 4) is 11.1 Å². The Labute approximate surface area is 204 Å². The van der Waals surface area contributed by atoms with Gasteiger partial charge in [-0.3, -0.25) is 9.59 Å². The smallest absolute Gasteiger partial charge is 0.407 e. The fourth-order valence-electron chi connectivity index (χ4n) is 5.29. The Kier molecular flexibility index (Phi) is 8.02. The normalized spacial score (nSPS) is 19.8. The van der Waals surface area contributed by atoms with Crippen LogP contribution < -0.4 is 10.6 Å². The number of aliphatic hydroxyl groups is 1. The fraction of sp³-hybridized carbons (Fsp3) is 0.444. The molecular formula is C27H32N2O6. The number of hydrogen-bond donors (Lipinski definition) is 4. The lowest BCUT2D eigenvalue weighted by atomic mass is 9.82. The monoisotopic (exact) mass is 480 g/mol. The number of carbonyl (C=O) groups is 3. The van der Waals surface area contributed by atoms with Gasteiger partial charge < -0.3 is 25.6 Å². The van der Waals surface area contributed by atoms with Crippen molar-refractivity contribution in [3.63, 3.8) is 0 Å². The van der Waals surface area contributed by atoms with E-state index in [1.54, 1.807) is 0 Å². The molecule has 0 aromatic heterocycles. The highest BCUT2D eigenvalue weighted by atomic mass is 16.5. The van der Waals surface area contributed by atoms with E-state index in [1.807, 2.05) is 48.5 Å². The molecule has 4 rings (SSSR count). The summed E-state index contributed by atoms with van der Waals surface area (Å²) in [5.74, 6) is -1.41. The number of benzene rings is 2. The first-order valence-electron chi connectivity index (χ1n) is 12.2. The molecule has 186 valence electrons. The van der Waals surface area contributed by atoms with Crippen LogP contribution >= 0.6 is 0 Å². The van der Waals surface area contributed by atoms with Crippen molar-refractivity contribution in [2.75, 3.05) is 19.8 Å². The molecule has 0 bridgehead atoms. The van der Waals surface area contributed by atoms with E-state index in [2.05, 4.69) is 10.6 Å². The van der Waals surface area contributed by atoms with Crippen LogP contribution in [0.1, 0.15) is 49.1 Å². The highest BCUT2D eigenvalue weighted by Crippen LogP contribution is 2.44. The molecule has 0 radical (unpaired) electrons. The number of nitrogens with one attached hydrogen (secondary N) is 2. The molecule has 1 saturated carbocycles. The van der Waals surface area contributed by atoms with E-state index in [1.165, 1.54) is 0 Å². The number of carbonyl (C=O) groups excluding carboxylic acids is 2. The van der Waals surface area contributed by atoms with Crippen molar-refractivity contribution in [1.29, 1.82) is 0 Å². The van der Waals surface area contributed by atoms with Crippen molar-refractivity contribution in [2.24, 2.45) is 11.8 Å². The highest BCUT2D eigenvalue weighted by molar-refractivity contribution is 5.89. The van der Waals surface area contributed by atoms with E-state index in [-0.39, 0.29) is 31.0 Å². The van der Waals surface area contributed by atoms with E-state index in [0.717, 1.165) is 47.9 Å². The SMILES string of the molecule is O=C(O)CC(NC(=O)OCC1c2ccccc2-c2ccccc21)C(=O)NCC1CCCC(CO)C1. The number of hydrogen-bond acceptors (Lipinski definition) is 5. The van der Waals surface area contributed by atoms with Gasteiger partial charge in [-0.1, -0.05) is 55.0 Å². The second-order valence-electron chi connectivity index (χ2n) is 9.45. The molecule has 0 spiro atoms. The standard InChI is InChI=1S/C27H32N2O6/c30-15-18-7-5-6-17(12-18)14-28-26(33)24(13-25(31)32)29-27(34)35-16-23-21-10-3-1-8-19(21)20-9-2-4-11-22(20)23/h1-4,8-11,17-18,23-24,30H,5-7,12-16H2,(H,28,33)(H,29,34)(H,31,32). The third-order valence-corrected chi connectivity index (χ3v) is 7.05. The van der Waals surface area contributed by atoms with Gasteiger partial charge in [0.1, 0.15) is 12.6 Å². The summed E-state index contributed by atoms with van der Waals surface area (Å²) in [5, 5.41) is 23.9. The molecule has 1 fully saturated rings. The topological polar surface area (TPSA) is 125 Å². The van der Waals surface area contributed by atoms with E-state index in [9.17, 15) is 24.6 Å². The number of alkyl carbamates (subject to hydrolysis) is 1. The van der Waals surface area contributed by atoms with Crippen LogP contribution in [0.4, 0.5) is 4.79 Å². The fourth-order valence-corrected chi connectivity index (χ4v) is 5.29. The quantitative estimate of drug-likeness (QED) is 0.437. The van der Waals surface area contributed by atoms with Crippen molar-refractivity contribution in [3.05, 3.63) is 59.7 Å². The van der Waals surface area contributed by atoms with Crippen molar-refractivity contribution < 1.29 is 29.3 Å². The molecular weight excluding hydrogens is 448 g/mol. The van der Waals surface area contributed by atoms with E-state index >= 15 is 0 Å². The minimum absolute atomic E-state index is 0.0753. The number of carboxylic acid groups (broad SMARTS) is 1. The van der Waals surface area contributed by atoms with Crippen LogP contribution in [0.3, 0.4) is 0 Å². The first-order chi connectivity index (χ1) is 17.0. The van der Waals surface area contributed by atoms with Crippen LogP contribution in [-0.2, 0) is 14.3 Å². The zero-order valence-electron chi connectivity index (χ0n) is 19.6. The van der Waals surface area contributed by atoms with Crippen molar-refractivity contribution >= 4 is 18.0 Å². The third-order valence-electron chi connectivity index (χ3n) is 7.05. The first-order valence-corrected chi connectivity index (χ1v) is 12.2. The maximum absolute atomic E-state index is 12.7. The lowest BCUT2D eigenvalue weighted by Crippen LogP contribution is -2.49. The Morgan fingerprint density at radius 3 is 2.23 bits per heavy atom. The van der Waals surface area contributed by atoms with E-state index in [4.69, 9.17) is 4.74 Å². The Balaban J connectivity index is 1.34. The Morgan fingerprint density at radius 1 is 0.971 bits per heavy atom. The van der Waals surface area contributed by atoms with Gasteiger partial charge in [0, 0.05) is 19.1 Å². The molecule has 8 nitrogen and oxygen atoms in total. The summed E-state index contributed by atoms with van der Waals surface area (Å²) in [4.78, 5) is 36.6. The Morgan fingerprint density at radius 2 is 1.60 bits per heavy atom. The molecule has 8 heteroatoms. The predicted octanol–water partition coefficient (Wildman–Crippen LogP) is 3.28. The van der Waals surface area contributed by atoms with Crippen LogP contribution in [0.5, 0.6) is 0 Å².